The van der Waals surface area contributed by atoms with Gasteiger partial charge in [-0.15, -0.1) is 0 Å². The van der Waals surface area contributed by atoms with Crippen LogP contribution in [0.2, 0.25) is 0 Å². The molecule has 4 fully saturated rings. The molecule has 4 heterocycles. The highest BCUT2D eigenvalue weighted by atomic mass is 32.2. The summed E-state index contributed by atoms with van der Waals surface area (Å²) in [6.07, 6.45) is -3.94. The number of ether oxygens (including phenoxy) is 6. The third-order valence-corrected chi connectivity index (χ3v) is 6.76. The lowest BCUT2D eigenvalue weighted by atomic mass is 10.1. The zero-order valence-electron chi connectivity index (χ0n) is 20.1. The average Bonchev–Trinajstić information content (AvgIpc) is 3.38. The van der Waals surface area contributed by atoms with E-state index in [4.69, 9.17) is 34.0 Å². The van der Waals surface area contributed by atoms with Gasteiger partial charge in [0.2, 0.25) is 0 Å². The molecule has 4 rings (SSSR count). The lowest BCUT2D eigenvalue weighted by molar-refractivity contribution is -0.213. The molecule has 35 heavy (non-hydrogen) atoms. The Morgan fingerprint density at radius 1 is 0.914 bits per heavy atom. The highest BCUT2D eigenvalue weighted by Crippen LogP contribution is 2.42. The van der Waals surface area contributed by atoms with E-state index in [1.807, 2.05) is 20.8 Å². The number of rotatable bonds is 5. The van der Waals surface area contributed by atoms with Gasteiger partial charge in [-0.25, -0.2) is 0 Å². The maximum Gasteiger partial charge on any atom is 0.523 e. The Morgan fingerprint density at radius 2 is 1.40 bits per heavy atom. The van der Waals surface area contributed by atoms with Crippen molar-refractivity contribution in [3.05, 3.63) is 10.4 Å². The Labute approximate surface area is 201 Å². The fourth-order valence-corrected chi connectivity index (χ4v) is 4.92. The summed E-state index contributed by atoms with van der Waals surface area (Å²) in [5.41, 5.74) is 3.01. The smallest absolute Gasteiger partial charge is 0.346 e. The van der Waals surface area contributed by atoms with Crippen molar-refractivity contribution >= 4 is 10.1 Å². The van der Waals surface area contributed by atoms with Crippen LogP contribution in [-0.2, 0) is 42.7 Å². The van der Waals surface area contributed by atoms with Gasteiger partial charge in [-0.05, 0) is 46.1 Å². The van der Waals surface area contributed by atoms with Crippen LogP contribution in [0.25, 0.3) is 10.4 Å². The zero-order valence-corrected chi connectivity index (χ0v) is 20.9. The minimum atomic E-state index is -5.72. The van der Waals surface area contributed by atoms with Crippen molar-refractivity contribution in [2.24, 2.45) is 5.11 Å². The van der Waals surface area contributed by atoms with E-state index in [2.05, 4.69) is 14.2 Å². The van der Waals surface area contributed by atoms with E-state index in [9.17, 15) is 21.6 Å². The van der Waals surface area contributed by atoms with Gasteiger partial charge in [0.15, 0.2) is 24.2 Å². The molecule has 202 valence electrons. The van der Waals surface area contributed by atoms with E-state index in [1.165, 1.54) is 0 Å². The predicted molar refractivity (Wildman–Crippen MR) is 111 cm³/mol. The van der Waals surface area contributed by atoms with Gasteiger partial charge in [0.05, 0.1) is 18.2 Å². The summed E-state index contributed by atoms with van der Waals surface area (Å²) in [6, 6.07) is -0.285. The highest BCUT2D eigenvalue weighted by Gasteiger charge is 2.59. The van der Waals surface area contributed by atoms with Gasteiger partial charge in [-0.1, -0.05) is 19.0 Å². The quantitative estimate of drug-likeness (QED) is 0.170. The van der Waals surface area contributed by atoms with Gasteiger partial charge in [0.25, 0.3) is 0 Å². The summed E-state index contributed by atoms with van der Waals surface area (Å²) >= 11 is 0. The molecule has 0 saturated carbocycles. The topological polar surface area (TPSA) is 148 Å². The number of hydrogen-bond donors (Lipinski definition) is 0. The molecule has 0 N–H and O–H groups in total. The Kier molecular flexibility index (Phi) is 8.03. The summed E-state index contributed by atoms with van der Waals surface area (Å²) in [6.45, 7) is 10.4. The van der Waals surface area contributed by atoms with Gasteiger partial charge in [0, 0.05) is 4.91 Å². The molecule has 12 nitrogen and oxygen atoms in total. The lowest BCUT2D eigenvalue weighted by Gasteiger charge is -2.25. The molecule has 8 atom stereocenters. The molecule has 0 spiro atoms. The molecular formula is C19H30F3N3O9S. The first-order chi connectivity index (χ1) is 16.0. The molecule has 4 saturated heterocycles. The number of azide groups is 1. The minimum Gasteiger partial charge on any atom is -0.346 e. The van der Waals surface area contributed by atoms with Crippen molar-refractivity contribution in [2.75, 3.05) is 0 Å². The van der Waals surface area contributed by atoms with Gasteiger partial charge in [0.1, 0.15) is 18.3 Å². The van der Waals surface area contributed by atoms with E-state index < -0.39 is 58.1 Å². The summed E-state index contributed by atoms with van der Waals surface area (Å²) in [4.78, 5) is 2.83. The van der Waals surface area contributed by atoms with Gasteiger partial charge < -0.3 is 28.4 Å². The Hall–Kier alpha value is -1.23. The van der Waals surface area contributed by atoms with Gasteiger partial charge in [-0.3, -0.25) is 4.18 Å². The second kappa shape index (κ2) is 9.91. The largest absolute Gasteiger partial charge is 0.523 e. The first-order valence-corrected chi connectivity index (χ1v) is 12.5. The predicted octanol–water partition coefficient (Wildman–Crippen LogP) is 3.46. The van der Waals surface area contributed by atoms with Crippen LogP contribution in [-0.4, -0.2) is 74.6 Å². The van der Waals surface area contributed by atoms with Crippen molar-refractivity contribution in [1.29, 1.82) is 0 Å². The zero-order chi connectivity index (χ0) is 26.4. The number of hydrogen-bond acceptors (Lipinski definition) is 10. The first-order valence-electron chi connectivity index (χ1n) is 11.1. The number of halogens is 3. The summed E-state index contributed by atoms with van der Waals surface area (Å²) in [7, 11) is -5.72. The number of alkyl halides is 3. The van der Waals surface area contributed by atoms with Crippen molar-refractivity contribution in [1.82, 2.24) is 0 Å². The van der Waals surface area contributed by atoms with E-state index in [-0.39, 0.29) is 24.7 Å². The molecule has 0 aromatic rings. The highest BCUT2D eigenvalue weighted by molar-refractivity contribution is 7.87. The van der Waals surface area contributed by atoms with E-state index >= 15 is 0 Å². The van der Waals surface area contributed by atoms with Crippen molar-refractivity contribution in [3.63, 3.8) is 0 Å². The van der Waals surface area contributed by atoms with Crippen molar-refractivity contribution < 1.29 is 54.2 Å². The van der Waals surface area contributed by atoms with Gasteiger partial charge >= 0.3 is 15.6 Å². The molecule has 4 aliphatic heterocycles. The SMILES string of the molecule is CC[C@H]1O[C@@H]2OC(C)(C)O[C@@H]2[C@@H]1N=[N+]=[N-].CC[C@H]1O[C@@H]2OC(C)(C)O[C@@H]2[C@H]1OS(=O)(=O)C(F)(F)F. The lowest BCUT2D eigenvalue weighted by Crippen LogP contribution is -2.41. The van der Waals surface area contributed by atoms with Crippen LogP contribution in [0.1, 0.15) is 54.4 Å². The Morgan fingerprint density at radius 3 is 1.89 bits per heavy atom. The third-order valence-electron chi connectivity index (χ3n) is 5.71. The van der Waals surface area contributed by atoms with Crippen LogP contribution in [0.3, 0.4) is 0 Å². The van der Waals surface area contributed by atoms with Crippen LogP contribution >= 0.6 is 0 Å². The minimum absolute atomic E-state index is 0.105. The fourth-order valence-electron chi connectivity index (χ4n) is 4.29. The fraction of sp³-hybridized carbons (Fsp3) is 1.00. The second-order valence-corrected chi connectivity index (χ2v) is 10.8. The summed E-state index contributed by atoms with van der Waals surface area (Å²) in [5.74, 6) is -1.73. The van der Waals surface area contributed by atoms with Crippen LogP contribution < -0.4 is 0 Å². The van der Waals surface area contributed by atoms with Crippen LogP contribution in [0.4, 0.5) is 13.2 Å². The molecule has 4 aliphatic rings. The second-order valence-electron chi connectivity index (χ2n) is 9.26. The molecule has 0 aromatic heterocycles. The monoisotopic (exact) mass is 533 g/mol. The molecule has 0 unspecified atom stereocenters. The van der Waals surface area contributed by atoms with E-state index in [0.717, 1.165) is 6.42 Å². The standard InChI is InChI=1S/C10H15F3O6S.C9H15N3O3/c1-4-5-6(19-20(14,15)10(11,12)13)7-8(16-5)18-9(2,3)17-7;1-4-5-6(11-12-10)7-8(13-5)15-9(2,3)14-7/h5-8H,4H2,1-3H3;5-8H,4H2,1-3H3/t5-,6+,7-,8-;5-,6-,7-,8-/m11/s1. The van der Waals surface area contributed by atoms with Crippen LogP contribution in [0.5, 0.6) is 0 Å². The first kappa shape index (κ1) is 28.3. The Bertz CT molecular complexity index is 926. The summed E-state index contributed by atoms with van der Waals surface area (Å²) in [5, 5.41) is 3.73. The molecule has 0 bridgehead atoms. The van der Waals surface area contributed by atoms with E-state index in [1.54, 1.807) is 20.8 Å². The Balaban J connectivity index is 0.000000203. The van der Waals surface area contributed by atoms with E-state index in [0.29, 0.717) is 0 Å². The molecule has 0 radical (unpaired) electrons. The maximum atomic E-state index is 12.4. The normalized spacial score (nSPS) is 39.3. The average molecular weight is 534 g/mol. The number of nitrogens with zero attached hydrogens (tertiary/aromatic N) is 3. The maximum absolute atomic E-state index is 12.4. The van der Waals surface area contributed by atoms with Crippen LogP contribution in [0, 0.1) is 0 Å². The van der Waals surface area contributed by atoms with Crippen LogP contribution in [0.15, 0.2) is 5.11 Å². The third kappa shape index (κ3) is 6.02. The summed E-state index contributed by atoms with van der Waals surface area (Å²) < 4.78 is 96.6. The molecule has 0 aliphatic carbocycles. The molecule has 16 heteroatoms. The van der Waals surface area contributed by atoms with Crippen molar-refractivity contribution in [2.45, 2.75) is 121 Å². The molecular weight excluding hydrogens is 503 g/mol. The van der Waals surface area contributed by atoms with Gasteiger partial charge in [-0.2, -0.15) is 21.6 Å². The number of fused-ring (bicyclic) bond motifs is 2. The van der Waals surface area contributed by atoms with Crippen molar-refractivity contribution in [3.8, 4) is 0 Å². The molecule has 0 aromatic carbocycles. The molecule has 0 amide bonds.